The maximum atomic E-state index is 14.2. The first-order valence-corrected chi connectivity index (χ1v) is 8.23. The van der Waals surface area contributed by atoms with Crippen LogP contribution in [0.2, 0.25) is 0 Å². The number of nitrogens with zero attached hydrogens (tertiary/aromatic N) is 4. The second kappa shape index (κ2) is 8.98. The lowest BCUT2D eigenvalue weighted by Crippen LogP contribution is -2.08. The fourth-order valence-electron chi connectivity index (χ4n) is 2.37. The normalized spacial score (nSPS) is 11.6. The third kappa shape index (κ3) is 4.46. The number of hydrogen-bond acceptors (Lipinski definition) is 4. The summed E-state index contributed by atoms with van der Waals surface area (Å²) in [6.07, 6.45) is 5.56. The van der Waals surface area contributed by atoms with Gasteiger partial charge in [0.1, 0.15) is 0 Å². The Morgan fingerprint density at radius 1 is 0.643 bits per heavy atom. The van der Waals surface area contributed by atoms with E-state index in [9.17, 15) is 17.6 Å². The van der Waals surface area contributed by atoms with Gasteiger partial charge < -0.3 is 0 Å². The summed E-state index contributed by atoms with van der Waals surface area (Å²) in [5.41, 5.74) is -0.686. The maximum Gasteiger partial charge on any atom is 0.167 e. The molecule has 0 radical (unpaired) electrons. The van der Waals surface area contributed by atoms with Crippen LogP contribution in [0.3, 0.4) is 0 Å². The molecule has 2 aromatic heterocycles. The molecule has 0 aliphatic carbocycles. The Labute approximate surface area is 158 Å². The predicted octanol–water partition coefficient (Wildman–Crippen LogP) is 4.27. The lowest BCUT2D eigenvalue weighted by Gasteiger charge is -2.09. The summed E-state index contributed by atoms with van der Waals surface area (Å²) in [6, 6.07) is 10.0. The molecular weight excluding hydrogens is 372 g/mol. The topological polar surface area (TPSA) is 50.5 Å². The molecule has 0 amide bonds. The van der Waals surface area contributed by atoms with Gasteiger partial charge in [-0.25, -0.2) is 17.6 Å². The summed E-state index contributed by atoms with van der Waals surface area (Å²) in [5, 5.41) is 0. The summed E-state index contributed by atoms with van der Waals surface area (Å²) in [5.74, 6) is -5.94. The van der Waals surface area contributed by atoms with E-state index in [0.29, 0.717) is 11.4 Å². The molecule has 0 atom stereocenters. The zero-order valence-corrected chi connectivity index (χ0v) is 14.5. The molecule has 4 nitrogen and oxygen atoms in total. The number of pyridine rings is 2. The highest BCUT2D eigenvalue weighted by Gasteiger charge is 2.24. The second-order valence-electron chi connectivity index (χ2n) is 5.66. The monoisotopic (exact) mass is 386 g/mol. The number of halogens is 4. The molecule has 2 heterocycles. The maximum absolute atomic E-state index is 14.2. The van der Waals surface area contributed by atoms with Crippen molar-refractivity contribution in [2.45, 2.75) is 13.1 Å². The molecule has 0 aliphatic rings. The highest BCUT2D eigenvalue weighted by atomic mass is 19.2. The molecule has 142 valence electrons. The molecule has 0 saturated carbocycles. The zero-order chi connectivity index (χ0) is 19.9. The molecule has 8 heteroatoms. The third-order valence-corrected chi connectivity index (χ3v) is 3.77. The van der Waals surface area contributed by atoms with Crippen LogP contribution in [0.5, 0.6) is 0 Å². The van der Waals surface area contributed by atoms with Gasteiger partial charge in [0, 0.05) is 24.8 Å². The summed E-state index contributed by atoms with van der Waals surface area (Å²) in [4.78, 5) is 15.5. The first kappa shape index (κ1) is 19.3. The van der Waals surface area contributed by atoms with E-state index in [1.165, 1.54) is 24.8 Å². The van der Waals surface area contributed by atoms with Crippen LogP contribution < -0.4 is 0 Å². The lowest BCUT2D eigenvalue weighted by atomic mass is 10.1. The van der Waals surface area contributed by atoms with Crippen LogP contribution in [-0.4, -0.2) is 22.4 Å². The summed E-state index contributed by atoms with van der Waals surface area (Å²) in [6.45, 7) is -1.14. The van der Waals surface area contributed by atoms with Gasteiger partial charge in [-0.15, -0.1) is 0 Å². The Bertz CT molecular complexity index is 894. The van der Waals surface area contributed by atoms with Gasteiger partial charge in [0.2, 0.25) is 0 Å². The molecule has 0 unspecified atom stereocenters. The van der Waals surface area contributed by atoms with Gasteiger partial charge in [-0.2, -0.15) is 0 Å². The van der Waals surface area contributed by atoms with Crippen molar-refractivity contribution >= 4 is 12.4 Å². The van der Waals surface area contributed by atoms with E-state index in [2.05, 4.69) is 20.0 Å². The second-order valence-corrected chi connectivity index (χ2v) is 5.66. The Morgan fingerprint density at radius 2 is 1.04 bits per heavy atom. The van der Waals surface area contributed by atoms with Crippen molar-refractivity contribution < 1.29 is 17.6 Å². The first-order valence-electron chi connectivity index (χ1n) is 8.23. The number of hydrogen-bond donors (Lipinski definition) is 0. The lowest BCUT2D eigenvalue weighted by molar-refractivity contribution is 0.426. The molecule has 0 fully saturated rings. The van der Waals surface area contributed by atoms with Crippen LogP contribution in [0.15, 0.2) is 58.8 Å². The van der Waals surface area contributed by atoms with Crippen molar-refractivity contribution in [3.63, 3.8) is 0 Å². The molecule has 0 N–H and O–H groups in total. The number of aromatic nitrogens is 2. The van der Waals surface area contributed by atoms with E-state index in [0.717, 1.165) is 0 Å². The third-order valence-electron chi connectivity index (χ3n) is 3.77. The van der Waals surface area contributed by atoms with Crippen molar-refractivity contribution in [1.29, 1.82) is 0 Å². The smallest absolute Gasteiger partial charge is 0.167 e. The average molecular weight is 386 g/mol. The Hall–Kier alpha value is -3.42. The SMILES string of the molecule is Fc1c(F)c(CN=Cc2ccccn2)c(F)c(F)c1CN=Cc1ccccn1. The summed E-state index contributed by atoms with van der Waals surface area (Å²) >= 11 is 0. The van der Waals surface area contributed by atoms with Crippen molar-refractivity contribution in [1.82, 2.24) is 9.97 Å². The van der Waals surface area contributed by atoms with E-state index in [-0.39, 0.29) is 0 Å². The number of benzene rings is 1. The molecule has 28 heavy (non-hydrogen) atoms. The first-order chi connectivity index (χ1) is 13.6. The molecule has 0 saturated heterocycles. The standard InChI is InChI=1S/C20H14F4N4/c21-17-15(11-25-9-13-5-1-3-7-27-13)18(22)20(24)16(19(17)23)12-26-10-14-6-2-4-8-28-14/h1-10H,11-12H2. The van der Waals surface area contributed by atoms with Crippen molar-refractivity contribution in [3.05, 3.63) is 94.6 Å². The Balaban J connectivity index is 1.81. The van der Waals surface area contributed by atoms with Crippen LogP contribution in [-0.2, 0) is 13.1 Å². The van der Waals surface area contributed by atoms with Crippen LogP contribution in [0, 0.1) is 23.3 Å². The van der Waals surface area contributed by atoms with E-state index >= 15 is 0 Å². The van der Waals surface area contributed by atoms with Crippen LogP contribution in [0.25, 0.3) is 0 Å². The predicted molar refractivity (Wildman–Crippen MR) is 97.3 cm³/mol. The molecule has 3 rings (SSSR count). The van der Waals surface area contributed by atoms with E-state index in [1.807, 2.05) is 0 Å². The number of rotatable bonds is 6. The van der Waals surface area contributed by atoms with Gasteiger partial charge in [0.25, 0.3) is 0 Å². The van der Waals surface area contributed by atoms with Gasteiger partial charge in [0.15, 0.2) is 23.3 Å². The number of aliphatic imine (C=N–C) groups is 2. The van der Waals surface area contributed by atoms with Gasteiger partial charge in [-0.1, -0.05) is 12.1 Å². The van der Waals surface area contributed by atoms with E-state index < -0.39 is 47.5 Å². The van der Waals surface area contributed by atoms with E-state index in [4.69, 9.17) is 0 Å². The fourth-order valence-corrected chi connectivity index (χ4v) is 2.37. The molecule has 1 aromatic carbocycles. The largest absolute Gasteiger partial charge is 0.286 e. The van der Waals surface area contributed by atoms with Gasteiger partial charge in [-0.05, 0) is 24.3 Å². The minimum Gasteiger partial charge on any atom is -0.286 e. The molecule has 0 bridgehead atoms. The van der Waals surface area contributed by atoms with Crippen molar-refractivity contribution in [2.24, 2.45) is 9.98 Å². The van der Waals surface area contributed by atoms with Crippen LogP contribution in [0.1, 0.15) is 22.5 Å². The van der Waals surface area contributed by atoms with Crippen LogP contribution in [0.4, 0.5) is 17.6 Å². The zero-order valence-electron chi connectivity index (χ0n) is 14.5. The molecule has 3 aromatic rings. The average Bonchev–Trinajstić information content (AvgIpc) is 2.73. The Kier molecular flexibility index (Phi) is 6.21. The molecule has 0 spiro atoms. The van der Waals surface area contributed by atoms with Gasteiger partial charge in [0.05, 0.1) is 35.6 Å². The summed E-state index contributed by atoms with van der Waals surface area (Å²) in [7, 11) is 0. The Morgan fingerprint density at radius 3 is 1.36 bits per heavy atom. The molecular formula is C20H14F4N4. The minimum absolute atomic E-state index is 0.449. The van der Waals surface area contributed by atoms with Crippen LogP contribution >= 0.6 is 0 Å². The minimum atomic E-state index is -1.49. The van der Waals surface area contributed by atoms with Gasteiger partial charge in [-0.3, -0.25) is 20.0 Å². The van der Waals surface area contributed by atoms with Gasteiger partial charge >= 0.3 is 0 Å². The molecule has 0 aliphatic heterocycles. The summed E-state index contributed by atoms with van der Waals surface area (Å²) < 4.78 is 57.0. The quantitative estimate of drug-likeness (QED) is 0.361. The fraction of sp³-hybridized carbons (Fsp3) is 0.100. The van der Waals surface area contributed by atoms with Crippen molar-refractivity contribution in [3.8, 4) is 0 Å². The highest BCUT2D eigenvalue weighted by molar-refractivity contribution is 5.77. The highest BCUT2D eigenvalue weighted by Crippen LogP contribution is 2.25. The van der Waals surface area contributed by atoms with Crippen molar-refractivity contribution in [2.75, 3.05) is 0 Å². The van der Waals surface area contributed by atoms with E-state index in [1.54, 1.807) is 36.4 Å².